The third-order valence-electron chi connectivity index (χ3n) is 4.19. The van der Waals surface area contributed by atoms with Gasteiger partial charge >= 0.3 is 11.9 Å². The lowest BCUT2D eigenvalue weighted by molar-refractivity contribution is -0.133. The molecule has 2 bridgehead atoms. The Balaban J connectivity index is 0.000000179. The molecule has 4 nitrogen and oxygen atoms in total. The molecule has 120 valence electrons. The summed E-state index contributed by atoms with van der Waals surface area (Å²) in [6, 6.07) is 0. The molecule has 4 heteroatoms. The van der Waals surface area contributed by atoms with E-state index >= 15 is 0 Å². The second-order valence-corrected chi connectivity index (χ2v) is 6.02. The van der Waals surface area contributed by atoms with Gasteiger partial charge in [0, 0.05) is 11.1 Å². The first-order valence-electron chi connectivity index (χ1n) is 7.36. The van der Waals surface area contributed by atoms with Crippen LogP contribution in [0.3, 0.4) is 0 Å². The Morgan fingerprint density at radius 3 is 1.82 bits per heavy atom. The van der Waals surface area contributed by atoms with Gasteiger partial charge in [-0.1, -0.05) is 37.5 Å². The lowest BCUT2D eigenvalue weighted by Gasteiger charge is -2.18. The van der Waals surface area contributed by atoms with Crippen molar-refractivity contribution in [1.82, 2.24) is 0 Å². The SMILES string of the molecule is C1=CC2C3C=CC(C3)C2C1.C=C(C)C(=O)O.C=C(C)C(=O)O. The van der Waals surface area contributed by atoms with Gasteiger partial charge < -0.3 is 10.2 Å². The van der Waals surface area contributed by atoms with Crippen LogP contribution >= 0.6 is 0 Å². The van der Waals surface area contributed by atoms with Crippen molar-refractivity contribution in [3.8, 4) is 0 Å². The maximum atomic E-state index is 9.60. The topological polar surface area (TPSA) is 74.6 Å². The molecule has 3 rings (SSSR count). The van der Waals surface area contributed by atoms with Crippen LogP contribution in [0.2, 0.25) is 0 Å². The van der Waals surface area contributed by atoms with Gasteiger partial charge in [0.1, 0.15) is 0 Å². The minimum atomic E-state index is -0.935. The van der Waals surface area contributed by atoms with Crippen LogP contribution in [-0.2, 0) is 9.59 Å². The van der Waals surface area contributed by atoms with E-state index in [-0.39, 0.29) is 11.1 Å². The predicted molar refractivity (Wildman–Crippen MR) is 86.4 cm³/mol. The molecular weight excluding hydrogens is 280 g/mol. The van der Waals surface area contributed by atoms with Gasteiger partial charge in [0.25, 0.3) is 0 Å². The first kappa shape index (κ1) is 18.0. The smallest absolute Gasteiger partial charge is 0.330 e. The van der Waals surface area contributed by atoms with E-state index in [2.05, 4.69) is 37.5 Å². The highest BCUT2D eigenvalue weighted by molar-refractivity contribution is 5.85. The molecule has 0 saturated heterocycles. The molecule has 4 atom stereocenters. The highest BCUT2D eigenvalue weighted by Gasteiger charge is 2.44. The first-order chi connectivity index (χ1) is 10.2. The predicted octanol–water partition coefficient (Wildman–Crippen LogP) is 3.68. The fourth-order valence-corrected chi connectivity index (χ4v) is 2.97. The van der Waals surface area contributed by atoms with Crippen molar-refractivity contribution in [2.24, 2.45) is 23.7 Å². The maximum Gasteiger partial charge on any atom is 0.330 e. The van der Waals surface area contributed by atoms with Crippen LogP contribution in [0.15, 0.2) is 48.6 Å². The molecule has 0 aromatic heterocycles. The molecule has 0 heterocycles. The van der Waals surface area contributed by atoms with E-state index in [9.17, 15) is 9.59 Å². The van der Waals surface area contributed by atoms with Crippen molar-refractivity contribution in [3.63, 3.8) is 0 Å². The molecule has 0 radical (unpaired) electrons. The van der Waals surface area contributed by atoms with Gasteiger partial charge in [-0.2, -0.15) is 0 Å². The van der Waals surface area contributed by atoms with Crippen LogP contribution in [0.4, 0.5) is 0 Å². The third-order valence-corrected chi connectivity index (χ3v) is 4.19. The average Bonchev–Trinajstić information content (AvgIpc) is 3.14. The minimum absolute atomic E-state index is 0.176. The van der Waals surface area contributed by atoms with Crippen LogP contribution in [0.1, 0.15) is 26.7 Å². The fourth-order valence-electron chi connectivity index (χ4n) is 2.97. The number of allylic oxidation sites excluding steroid dienone is 4. The number of rotatable bonds is 2. The summed E-state index contributed by atoms with van der Waals surface area (Å²) in [5, 5.41) is 15.8. The van der Waals surface area contributed by atoms with Crippen LogP contribution in [0.5, 0.6) is 0 Å². The summed E-state index contributed by atoms with van der Waals surface area (Å²) in [6.45, 7) is 9.20. The average molecular weight is 304 g/mol. The Labute approximate surface area is 131 Å². The summed E-state index contributed by atoms with van der Waals surface area (Å²) >= 11 is 0. The molecule has 3 aliphatic rings. The van der Waals surface area contributed by atoms with Crippen LogP contribution in [-0.4, -0.2) is 22.2 Å². The molecule has 0 spiro atoms. The van der Waals surface area contributed by atoms with E-state index in [1.165, 1.54) is 26.7 Å². The molecule has 2 N–H and O–H groups in total. The Morgan fingerprint density at radius 2 is 1.41 bits per heavy atom. The molecule has 0 aliphatic heterocycles. The van der Waals surface area contributed by atoms with E-state index in [4.69, 9.17) is 10.2 Å². The number of carboxylic acids is 2. The van der Waals surface area contributed by atoms with Gasteiger partial charge in [-0.25, -0.2) is 9.59 Å². The molecule has 1 saturated carbocycles. The molecule has 0 aromatic rings. The Bertz CT molecular complexity index is 479. The summed E-state index contributed by atoms with van der Waals surface area (Å²) in [7, 11) is 0. The van der Waals surface area contributed by atoms with Crippen molar-refractivity contribution in [3.05, 3.63) is 48.6 Å². The van der Waals surface area contributed by atoms with Gasteiger partial charge in [0.2, 0.25) is 0 Å². The van der Waals surface area contributed by atoms with E-state index < -0.39 is 11.9 Å². The zero-order valence-corrected chi connectivity index (χ0v) is 13.2. The Kier molecular flexibility index (Phi) is 6.35. The normalized spacial score (nSPS) is 28.8. The van der Waals surface area contributed by atoms with E-state index in [0.717, 1.165) is 23.7 Å². The molecule has 1 fully saturated rings. The van der Waals surface area contributed by atoms with E-state index in [1.807, 2.05) is 0 Å². The molecule has 4 unspecified atom stereocenters. The number of hydrogen-bond acceptors (Lipinski definition) is 2. The number of hydrogen-bond donors (Lipinski definition) is 2. The summed E-state index contributed by atoms with van der Waals surface area (Å²) in [5.74, 6) is 1.95. The van der Waals surface area contributed by atoms with Gasteiger partial charge in [-0.3, -0.25) is 0 Å². The zero-order valence-electron chi connectivity index (χ0n) is 13.2. The summed E-state index contributed by atoms with van der Waals surface area (Å²) in [4.78, 5) is 19.2. The van der Waals surface area contributed by atoms with Crippen molar-refractivity contribution in [1.29, 1.82) is 0 Å². The van der Waals surface area contributed by atoms with Gasteiger partial charge in [-0.15, -0.1) is 0 Å². The zero-order chi connectivity index (χ0) is 16.9. The van der Waals surface area contributed by atoms with Gasteiger partial charge in [0.05, 0.1) is 0 Å². The molecule has 3 aliphatic carbocycles. The number of aliphatic carboxylic acids is 2. The first-order valence-corrected chi connectivity index (χ1v) is 7.36. The van der Waals surface area contributed by atoms with Gasteiger partial charge in [-0.05, 0) is 50.4 Å². The second-order valence-electron chi connectivity index (χ2n) is 6.02. The van der Waals surface area contributed by atoms with Gasteiger partial charge in [0.15, 0.2) is 0 Å². The fraction of sp³-hybridized carbons (Fsp3) is 0.444. The van der Waals surface area contributed by atoms with Crippen molar-refractivity contribution in [2.45, 2.75) is 26.7 Å². The van der Waals surface area contributed by atoms with E-state index in [0.29, 0.717) is 0 Å². The van der Waals surface area contributed by atoms with Crippen molar-refractivity contribution in [2.75, 3.05) is 0 Å². The van der Waals surface area contributed by atoms with Crippen LogP contribution in [0, 0.1) is 23.7 Å². The molecule has 0 amide bonds. The van der Waals surface area contributed by atoms with Crippen molar-refractivity contribution >= 4 is 11.9 Å². The van der Waals surface area contributed by atoms with Crippen LogP contribution in [0.25, 0.3) is 0 Å². The highest BCUT2D eigenvalue weighted by Crippen LogP contribution is 2.52. The summed E-state index contributed by atoms with van der Waals surface area (Å²) in [6.07, 6.45) is 12.5. The molecule has 22 heavy (non-hydrogen) atoms. The lowest BCUT2D eigenvalue weighted by atomic mass is 9.86. The minimum Gasteiger partial charge on any atom is -0.478 e. The maximum absolute atomic E-state index is 9.60. The lowest BCUT2D eigenvalue weighted by Crippen LogP contribution is -2.12. The largest absolute Gasteiger partial charge is 0.478 e. The van der Waals surface area contributed by atoms with Crippen molar-refractivity contribution < 1.29 is 19.8 Å². The standard InChI is InChI=1S/C10H12.2C4H6O2/c1-2-9-7-4-5-8(6-7)10(9)3-1;2*1-3(2)4(5)6/h1-2,4-5,7-10H,3,6H2;2*1H2,2H3,(H,5,6). The second kappa shape index (κ2) is 7.78. The molecular formula is C18H24O4. The van der Waals surface area contributed by atoms with Crippen LogP contribution < -0.4 is 0 Å². The Morgan fingerprint density at radius 1 is 0.955 bits per heavy atom. The Hall–Kier alpha value is -2.10. The quantitative estimate of drug-likeness (QED) is 0.603. The summed E-state index contributed by atoms with van der Waals surface area (Å²) < 4.78 is 0. The third kappa shape index (κ3) is 4.72. The number of carboxylic acid groups (broad SMARTS) is 2. The summed E-state index contributed by atoms with van der Waals surface area (Å²) in [5.41, 5.74) is 0.352. The molecule has 0 aromatic carbocycles. The number of carbonyl (C=O) groups is 2. The highest BCUT2D eigenvalue weighted by atomic mass is 16.4. The van der Waals surface area contributed by atoms with E-state index in [1.54, 1.807) is 0 Å². The monoisotopic (exact) mass is 304 g/mol. The number of fused-ring (bicyclic) bond motifs is 5.